The maximum Gasteiger partial charge on any atom is 0.226 e. The number of carbonyl (C=O) groups excluding carboxylic acids is 1. The van der Waals surface area contributed by atoms with Crippen molar-refractivity contribution in [1.82, 2.24) is 4.90 Å². The minimum Gasteiger partial charge on any atom is -0.392 e. The Labute approximate surface area is 148 Å². The van der Waals surface area contributed by atoms with Crippen LogP contribution in [0.2, 0.25) is 0 Å². The smallest absolute Gasteiger partial charge is 0.226 e. The molecule has 0 bridgehead atoms. The van der Waals surface area contributed by atoms with Crippen LogP contribution in [0, 0.1) is 5.41 Å². The second kappa shape index (κ2) is 6.70. The van der Waals surface area contributed by atoms with Crippen LogP contribution < -0.4 is 0 Å². The van der Waals surface area contributed by atoms with E-state index >= 15 is 0 Å². The monoisotopic (exact) mass is 367 g/mol. The van der Waals surface area contributed by atoms with Crippen LogP contribution in [0.25, 0.3) is 0 Å². The molecule has 138 valence electrons. The van der Waals surface area contributed by atoms with Crippen LogP contribution in [-0.4, -0.2) is 63.0 Å². The van der Waals surface area contributed by atoms with Gasteiger partial charge in [0.2, 0.25) is 5.91 Å². The molecular weight excluding hydrogens is 342 g/mol. The molecule has 0 aromatic heterocycles. The van der Waals surface area contributed by atoms with E-state index in [1.54, 1.807) is 19.2 Å². The molecule has 1 spiro atoms. The molecule has 7 heteroatoms. The van der Waals surface area contributed by atoms with Crippen molar-refractivity contribution in [3.63, 3.8) is 0 Å². The van der Waals surface area contributed by atoms with Gasteiger partial charge < -0.3 is 14.7 Å². The summed E-state index contributed by atoms with van der Waals surface area (Å²) >= 11 is 0. The van der Waals surface area contributed by atoms with Crippen molar-refractivity contribution < 1.29 is 23.1 Å². The summed E-state index contributed by atoms with van der Waals surface area (Å²) in [5.41, 5.74) is 0.610. The highest BCUT2D eigenvalue weighted by Crippen LogP contribution is 2.50. The maximum atomic E-state index is 12.5. The number of sulfone groups is 1. The van der Waals surface area contributed by atoms with Crippen molar-refractivity contribution in [2.75, 3.05) is 26.5 Å². The van der Waals surface area contributed by atoms with E-state index < -0.39 is 9.84 Å². The third-order valence-corrected chi connectivity index (χ3v) is 6.91. The van der Waals surface area contributed by atoms with E-state index in [1.165, 1.54) is 18.4 Å². The number of nitrogens with zero attached hydrogens (tertiary/aromatic N) is 1. The molecular formula is C18H25NO5S. The van der Waals surface area contributed by atoms with Crippen molar-refractivity contribution >= 4 is 15.7 Å². The molecule has 1 aromatic rings. The number of aliphatic hydroxyl groups excluding tert-OH is 1. The van der Waals surface area contributed by atoms with Crippen molar-refractivity contribution in [2.24, 2.45) is 5.41 Å². The zero-order chi connectivity index (χ0) is 18.2. The van der Waals surface area contributed by atoms with Crippen LogP contribution in [0.5, 0.6) is 0 Å². The molecule has 6 nitrogen and oxygen atoms in total. The lowest BCUT2D eigenvalue weighted by Crippen LogP contribution is -2.62. The second-order valence-electron chi connectivity index (χ2n) is 7.18. The average Bonchev–Trinajstić information content (AvgIpc) is 2.59. The quantitative estimate of drug-likeness (QED) is 0.859. The van der Waals surface area contributed by atoms with Gasteiger partial charge in [0.05, 0.1) is 23.5 Å². The first-order valence-corrected chi connectivity index (χ1v) is 10.4. The Morgan fingerprint density at radius 3 is 2.36 bits per heavy atom. The van der Waals surface area contributed by atoms with Gasteiger partial charge in [0.25, 0.3) is 0 Å². The third kappa shape index (κ3) is 3.45. The Morgan fingerprint density at radius 1 is 1.28 bits per heavy atom. The fourth-order valence-electron chi connectivity index (χ4n) is 4.03. The summed E-state index contributed by atoms with van der Waals surface area (Å²) in [5.74, 6) is 0.0322. The number of aliphatic hydroxyl groups is 1. The number of hydrogen-bond donors (Lipinski definition) is 1. The van der Waals surface area contributed by atoms with Crippen LogP contribution in [-0.2, 0) is 25.8 Å². The molecule has 2 fully saturated rings. The third-order valence-electron chi connectivity index (χ3n) is 5.78. The number of rotatable bonds is 4. The van der Waals surface area contributed by atoms with E-state index in [0.29, 0.717) is 19.5 Å². The molecule has 2 aliphatic rings. The van der Waals surface area contributed by atoms with Gasteiger partial charge in [-0.2, -0.15) is 0 Å². The number of amides is 1. The van der Waals surface area contributed by atoms with Gasteiger partial charge in [0, 0.05) is 38.3 Å². The van der Waals surface area contributed by atoms with Gasteiger partial charge in [-0.05, 0) is 30.5 Å². The highest BCUT2D eigenvalue weighted by molar-refractivity contribution is 7.90. The van der Waals surface area contributed by atoms with Crippen LogP contribution in [0.4, 0.5) is 0 Å². The minimum atomic E-state index is -3.22. The first-order chi connectivity index (χ1) is 11.8. The number of likely N-dealkylation sites (tertiary alicyclic amines) is 1. The van der Waals surface area contributed by atoms with Gasteiger partial charge >= 0.3 is 0 Å². The summed E-state index contributed by atoms with van der Waals surface area (Å²) in [6.07, 6.45) is 3.36. The summed E-state index contributed by atoms with van der Waals surface area (Å²) in [6, 6.07) is 6.46. The van der Waals surface area contributed by atoms with E-state index in [9.17, 15) is 18.3 Å². The van der Waals surface area contributed by atoms with Crippen LogP contribution in [0.1, 0.15) is 24.8 Å². The lowest BCUT2D eigenvalue weighted by atomic mass is 9.58. The Balaban J connectivity index is 1.58. The fourth-order valence-corrected chi connectivity index (χ4v) is 4.66. The fraction of sp³-hybridized carbons (Fsp3) is 0.611. The van der Waals surface area contributed by atoms with Crippen molar-refractivity contribution in [1.29, 1.82) is 0 Å². The van der Waals surface area contributed by atoms with Crippen LogP contribution in [0.3, 0.4) is 0 Å². The molecule has 25 heavy (non-hydrogen) atoms. The molecule has 1 aromatic carbocycles. The molecule has 1 amide bonds. The molecule has 1 saturated heterocycles. The van der Waals surface area contributed by atoms with Gasteiger partial charge in [0.15, 0.2) is 9.84 Å². The number of hydrogen-bond acceptors (Lipinski definition) is 5. The van der Waals surface area contributed by atoms with Crippen molar-refractivity contribution in [2.45, 2.75) is 42.8 Å². The molecule has 1 N–H and O–H groups in total. The first-order valence-electron chi connectivity index (χ1n) is 8.54. The summed E-state index contributed by atoms with van der Waals surface area (Å²) in [6.45, 7) is 1.24. The highest BCUT2D eigenvalue weighted by atomic mass is 32.2. The van der Waals surface area contributed by atoms with E-state index in [0.717, 1.165) is 18.4 Å². The van der Waals surface area contributed by atoms with E-state index in [2.05, 4.69) is 0 Å². The summed E-state index contributed by atoms with van der Waals surface area (Å²) in [4.78, 5) is 14.6. The SMILES string of the molecule is CO[C@H]1C[C@@H](O)C12CCN(C(=O)Cc1ccc(S(C)(=O)=O)cc1)CC2. The summed E-state index contributed by atoms with van der Waals surface area (Å²) in [5, 5.41) is 10.1. The van der Waals surface area contributed by atoms with E-state index in [1.807, 2.05) is 4.90 Å². The standard InChI is InChI=1S/C18H25NO5S/c1-24-16-12-15(20)18(16)7-9-19(10-8-18)17(21)11-13-3-5-14(6-4-13)25(2,22)23/h3-6,15-16,20H,7-12H2,1-2H3/t15-,16+/m1/s1. The number of methoxy groups -OCH3 is 1. The topological polar surface area (TPSA) is 83.9 Å². The van der Waals surface area contributed by atoms with Gasteiger partial charge in [0.1, 0.15) is 0 Å². The molecule has 0 radical (unpaired) electrons. The van der Waals surface area contributed by atoms with Gasteiger partial charge in [-0.25, -0.2) is 8.42 Å². The average molecular weight is 367 g/mol. The Hall–Kier alpha value is -1.44. The van der Waals surface area contributed by atoms with Gasteiger partial charge in [-0.3, -0.25) is 4.79 Å². The summed E-state index contributed by atoms with van der Waals surface area (Å²) < 4.78 is 28.4. The first kappa shape index (κ1) is 18.4. The lowest BCUT2D eigenvalue weighted by molar-refractivity contribution is -0.202. The van der Waals surface area contributed by atoms with E-state index in [-0.39, 0.29) is 34.8 Å². The van der Waals surface area contributed by atoms with E-state index in [4.69, 9.17) is 4.74 Å². The number of ether oxygens (including phenoxy) is 1. The molecule has 0 unspecified atom stereocenters. The Bertz CT molecular complexity index is 735. The molecule has 1 aliphatic carbocycles. The normalized spacial score (nSPS) is 25.6. The van der Waals surface area contributed by atoms with Crippen LogP contribution in [0.15, 0.2) is 29.2 Å². The van der Waals surface area contributed by atoms with Gasteiger partial charge in [-0.15, -0.1) is 0 Å². The lowest BCUT2D eigenvalue weighted by Gasteiger charge is -2.56. The largest absolute Gasteiger partial charge is 0.392 e. The number of piperidine rings is 1. The Kier molecular flexibility index (Phi) is 4.92. The maximum absolute atomic E-state index is 12.5. The molecule has 1 aliphatic heterocycles. The van der Waals surface area contributed by atoms with Crippen molar-refractivity contribution in [3.8, 4) is 0 Å². The predicted octanol–water partition coefficient (Wildman–Crippen LogP) is 1.02. The highest BCUT2D eigenvalue weighted by Gasteiger charge is 2.56. The molecule has 1 saturated carbocycles. The zero-order valence-corrected chi connectivity index (χ0v) is 15.5. The molecule has 2 atom stereocenters. The summed E-state index contributed by atoms with van der Waals surface area (Å²) in [7, 11) is -1.55. The molecule has 3 rings (SSSR count). The minimum absolute atomic E-state index is 0.0322. The zero-order valence-electron chi connectivity index (χ0n) is 14.6. The number of carbonyl (C=O) groups is 1. The Morgan fingerprint density at radius 2 is 1.88 bits per heavy atom. The van der Waals surface area contributed by atoms with Crippen molar-refractivity contribution in [3.05, 3.63) is 29.8 Å². The van der Waals surface area contributed by atoms with Gasteiger partial charge in [-0.1, -0.05) is 12.1 Å². The number of benzene rings is 1. The predicted molar refractivity (Wildman–Crippen MR) is 92.9 cm³/mol. The van der Waals surface area contributed by atoms with Crippen LogP contribution >= 0.6 is 0 Å². The molecule has 1 heterocycles. The second-order valence-corrected chi connectivity index (χ2v) is 9.20.